The number of ketones is 2. The molecule has 2 aliphatic carbocycles. The van der Waals surface area contributed by atoms with Gasteiger partial charge in [0.15, 0.2) is 0 Å². The van der Waals surface area contributed by atoms with Gasteiger partial charge >= 0.3 is 0 Å². The molecule has 90 valence electrons. The lowest BCUT2D eigenvalue weighted by molar-refractivity contribution is -0.130. The van der Waals surface area contributed by atoms with Gasteiger partial charge in [0.1, 0.15) is 0 Å². The molecule has 3 aliphatic rings. The largest absolute Gasteiger partial charge is 0.387 e. The molecule has 1 aliphatic heterocycles. The van der Waals surface area contributed by atoms with E-state index in [4.69, 9.17) is 0 Å². The van der Waals surface area contributed by atoms with E-state index in [2.05, 4.69) is 5.32 Å². The van der Waals surface area contributed by atoms with Crippen molar-refractivity contribution in [3.63, 3.8) is 0 Å². The van der Waals surface area contributed by atoms with E-state index in [9.17, 15) is 9.59 Å². The van der Waals surface area contributed by atoms with Crippen molar-refractivity contribution in [1.82, 2.24) is 5.32 Å². The molecule has 1 N–H and O–H groups in total. The monoisotopic (exact) mass is 231 g/mol. The summed E-state index contributed by atoms with van der Waals surface area (Å²) in [6, 6.07) is 0. The second-order valence-corrected chi connectivity index (χ2v) is 5.33. The molecule has 1 saturated heterocycles. The Morgan fingerprint density at radius 2 is 1.76 bits per heavy atom. The summed E-state index contributed by atoms with van der Waals surface area (Å²) >= 11 is 0. The topological polar surface area (TPSA) is 46.2 Å². The summed E-state index contributed by atoms with van der Waals surface area (Å²) in [7, 11) is 0. The summed E-state index contributed by atoms with van der Waals surface area (Å²) in [5, 5.41) is 3.37. The van der Waals surface area contributed by atoms with Gasteiger partial charge in [-0.3, -0.25) is 9.59 Å². The molecule has 0 aromatic carbocycles. The van der Waals surface area contributed by atoms with E-state index >= 15 is 0 Å². The molecule has 1 saturated carbocycles. The normalized spacial score (nSPS) is 31.3. The average molecular weight is 231 g/mol. The van der Waals surface area contributed by atoms with Crippen molar-refractivity contribution in [1.29, 1.82) is 0 Å². The molecule has 0 aromatic heterocycles. The highest BCUT2D eigenvalue weighted by atomic mass is 16.2. The van der Waals surface area contributed by atoms with E-state index in [1.54, 1.807) is 6.08 Å². The van der Waals surface area contributed by atoms with Crippen molar-refractivity contribution < 1.29 is 9.59 Å². The molecule has 0 radical (unpaired) electrons. The first-order valence-electron chi connectivity index (χ1n) is 6.48. The molecule has 0 bridgehead atoms. The minimum absolute atomic E-state index is 0.165. The van der Waals surface area contributed by atoms with E-state index < -0.39 is 0 Å². The third-order valence-electron chi connectivity index (χ3n) is 4.39. The van der Waals surface area contributed by atoms with Gasteiger partial charge in [-0.1, -0.05) is 19.3 Å². The van der Waals surface area contributed by atoms with Crippen molar-refractivity contribution in [2.24, 2.45) is 5.41 Å². The Labute approximate surface area is 101 Å². The summed E-state index contributed by atoms with van der Waals surface area (Å²) in [5.74, 6) is -0.688. The van der Waals surface area contributed by atoms with Crippen LogP contribution in [0.2, 0.25) is 0 Å². The molecular formula is C14H17NO2. The van der Waals surface area contributed by atoms with Crippen LogP contribution in [0.1, 0.15) is 38.5 Å². The highest BCUT2D eigenvalue weighted by Gasteiger charge is 2.42. The maximum absolute atomic E-state index is 11.8. The SMILES string of the molecule is O=C1C=CC(=C2NCCC23CCCCC3)C1=O. The van der Waals surface area contributed by atoms with Gasteiger partial charge in [0.25, 0.3) is 0 Å². The van der Waals surface area contributed by atoms with Crippen molar-refractivity contribution in [3.8, 4) is 0 Å². The minimum atomic E-state index is -0.368. The zero-order valence-electron chi connectivity index (χ0n) is 9.92. The van der Waals surface area contributed by atoms with Gasteiger partial charge in [-0.05, 0) is 31.4 Å². The number of allylic oxidation sites excluding steroid dienone is 4. The Morgan fingerprint density at radius 3 is 2.41 bits per heavy atom. The van der Waals surface area contributed by atoms with Gasteiger partial charge in [0, 0.05) is 23.2 Å². The number of hydrogen-bond donors (Lipinski definition) is 1. The van der Waals surface area contributed by atoms with Crippen LogP contribution >= 0.6 is 0 Å². The van der Waals surface area contributed by atoms with Crippen LogP contribution in [0.15, 0.2) is 23.4 Å². The summed E-state index contributed by atoms with van der Waals surface area (Å²) in [5.41, 5.74) is 1.86. The smallest absolute Gasteiger partial charge is 0.234 e. The van der Waals surface area contributed by atoms with Crippen LogP contribution in [0.25, 0.3) is 0 Å². The third kappa shape index (κ3) is 1.56. The second-order valence-electron chi connectivity index (χ2n) is 5.33. The van der Waals surface area contributed by atoms with E-state index in [0.29, 0.717) is 5.57 Å². The van der Waals surface area contributed by atoms with E-state index in [1.807, 2.05) is 0 Å². The zero-order chi connectivity index (χ0) is 11.9. The molecule has 3 heteroatoms. The van der Waals surface area contributed by atoms with E-state index in [-0.39, 0.29) is 17.0 Å². The number of Topliss-reactive ketones (excluding diaryl/α,β-unsaturated/α-hetero) is 1. The fourth-order valence-electron chi connectivity index (χ4n) is 3.49. The fourth-order valence-corrected chi connectivity index (χ4v) is 3.49. The van der Waals surface area contributed by atoms with Crippen LogP contribution in [0.4, 0.5) is 0 Å². The van der Waals surface area contributed by atoms with Gasteiger partial charge in [-0.25, -0.2) is 0 Å². The first-order chi connectivity index (χ1) is 8.23. The van der Waals surface area contributed by atoms with Gasteiger partial charge in [0.05, 0.1) is 0 Å². The lowest BCUT2D eigenvalue weighted by Gasteiger charge is -2.34. The lowest BCUT2D eigenvalue weighted by Crippen LogP contribution is -2.27. The maximum atomic E-state index is 11.8. The maximum Gasteiger partial charge on any atom is 0.234 e. The molecule has 1 spiro atoms. The second kappa shape index (κ2) is 3.83. The van der Waals surface area contributed by atoms with Crippen LogP contribution in [-0.2, 0) is 9.59 Å². The molecule has 3 rings (SSSR count). The van der Waals surface area contributed by atoms with Crippen molar-refractivity contribution >= 4 is 11.6 Å². The van der Waals surface area contributed by atoms with Gasteiger partial charge in [-0.2, -0.15) is 0 Å². The third-order valence-corrected chi connectivity index (χ3v) is 4.39. The Hall–Kier alpha value is -1.38. The van der Waals surface area contributed by atoms with Crippen molar-refractivity contribution in [3.05, 3.63) is 23.4 Å². The fraction of sp³-hybridized carbons (Fsp3) is 0.571. The van der Waals surface area contributed by atoms with E-state index in [0.717, 1.165) is 31.5 Å². The van der Waals surface area contributed by atoms with Crippen LogP contribution in [-0.4, -0.2) is 18.1 Å². The zero-order valence-corrected chi connectivity index (χ0v) is 9.92. The predicted molar refractivity (Wildman–Crippen MR) is 64.3 cm³/mol. The summed E-state index contributed by atoms with van der Waals surface area (Å²) in [6.45, 7) is 0.939. The Kier molecular flexibility index (Phi) is 2.42. The number of nitrogens with one attached hydrogen (secondary N) is 1. The molecule has 1 heterocycles. The Morgan fingerprint density at radius 1 is 1.00 bits per heavy atom. The summed E-state index contributed by atoms with van der Waals surface area (Å²) in [6.07, 6.45) is 10.3. The first kappa shape index (κ1) is 10.8. The van der Waals surface area contributed by atoms with Crippen LogP contribution in [0, 0.1) is 5.41 Å². The molecular weight excluding hydrogens is 214 g/mol. The highest BCUT2D eigenvalue weighted by Crippen LogP contribution is 2.48. The number of carbonyl (C=O) groups is 2. The van der Waals surface area contributed by atoms with Crippen molar-refractivity contribution in [2.75, 3.05) is 6.54 Å². The molecule has 3 nitrogen and oxygen atoms in total. The summed E-state index contributed by atoms with van der Waals surface area (Å²) < 4.78 is 0. The summed E-state index contributed by atoms with van der Waals surface area (Å²) in [4.78, 5) is 23.1. The predicted octanol–water partition coefficient (Wildman–Crippen LogP) is 1.89. The standard InChI is InChI=1S/C14H17NO2/c16-11-5-4-10(12(11)17)13-14(8-9-15-13)6-2-1-3-7-14/h4-5,15H,1-3,6-9H2. The number of carbonyl (C=O) groups excluding carboxylic acids is 2. The molecule has 0 atom stereocenters. The lowest BCUT2D eigenvalue weighted by atomic mass is 9.70. The van der Waals surface area contributed by atoms with Crippen LogP contribution in [0.5, 0.6) is 0 Å². The number of rotatable bonds is 0. The quantitative estimate of drug-likeness (QED) is 0.511. The average Bonchev–Trinajstić information content (AvgIpc) is 2.87. The Bertz CT molecular complexity index is 439. The van der Waals surface area contributed by atoms with E-state index in [1.165, 1.54) is 25.3 Å². The molecule has 2 fully saturated rings. The van der Waals surface area contributed by atoms with Gasteiger partial charge in [-0.15, -0.1) is 0 Å². The van der Waals surface area contributed by atoms with Crippen molar-refractivity contribution in [2.45, 2.75) is 38.5 Å². The van der Waals surface area contributed by atoms with Gasteiger partial charge in [0.2, 0.25) is 11.6 Å². The van der Waals surface area contributed by atoms with Crippen LogP contribution in [0.3, 0.4) is 0 Å². The Balaban J connectivity index is 2.02. The molecule has 0 aromatic rings. The van der Waals surface area contributed by atoms with Gasteiger partial charge < -0.3 is 5.32 Å². The molecule has 17 heavy (non-hydrogen) atoms. The molecule has 0 amide bonds. The minimum Gasteiger partial charge on any atom is -0.387 e. The van der Waals surface area contributed by atoms with Crippen LogP contribution < -0.4 is 5.32 Å². The number of hydrogen-bond acceptors (Lipinski definition) is 3. The first-order valence-corrected chi connectivity index (χ1v) is 6.48. The highest BCUT2D eigenvalue weighted by molar-refractivity contribution is 6.51. The molecule has 0 unspecified atom stereocenters.